The third-order valence-corrected chi connectivity index (χ3v) is 2.99. The van der Waals surface area contributed by atoms with Crippen molar-refractivity contribution in [3.8, 4) is 11.5 Å². The number of hydrogen-bond acceptors (Lipinski definition) is 4. The molecule has 0 fully saturated rings. The predicted octanol–water partition coefficient (Wildman–Crippen LogP) is 2.30. The highest BCUT2D eigenvalue weighted by Gasteiger charge is 2.11. The van der Waals surface area contributed by atoms with Crippen molar-refractivity contribution < 1.29 is 19.7 Å². The molecule has 4 nitrogen and oxygen atoms in total. The van der Waals surface area contributed by atoms with Gasteiger partial charge in [0.1, 0.15) is 12.7 Å². The van der Waals surface area contributed by atoms with E-state index in [-0.39, 0.29) is 13.2 Å². The Morgan fingerprint density at radius 2 is 1.80 bits per heavy atom. The summed E-state index contributed by atoms with van der Waals surface area (Å²) in [4.78, 5) is 0. The first-order valence-corrected chi connectivity index (χ1v) is 6.38. The van der Waals surface area contributed by atoms with Crippen LogP contribution in [0, 0.1) is 0 Å². The first kappa shape index (κ1) is 14.4. The molecule has 20 heavy (non-hydrogen) atoms. The molecule has 0 amide bonds. The molecule has 0 aliphatic carbocycles. The molecular weight excluding hydrogens is 256 g/mol. The molecular formula is C16H18O4. The summed E-state index contributed by atoms with van der Waals surface area (Å²) in [6.45, 7) is 0.0524. The highest BCUT2D eigenvalue weighted by atomic mass is 16.5. The second-order valence-corrected chi connectivity index (χ2v) is 4.38. The maximum Gasteiger partial charge on any atom is 0.161 e. The molecule has 0 radical (unpaired) electrons. The Labute approximate surface area is 118 Å². The smallest absolute Gasteiger partial charge is 0.161 e. The highest BCUT2D eigenvalue weighted by Crippen LogP contribution is 2.29. The number of methoxy groups -OCH3 is 1. The Hall–Kier alpha value is -2.04. The van der Waals surface area contributed by atoms with Gasteiger partial charge in [0.15, 0.2) is 11.5 Å². The van der Waals surface area contributed by atoms with Crippen molar-refractivity contribution in [3.05, 3.63) is 59.7 Å². The lowest BCUT2D eigenvalue weighted by Gasteiger charge is -2.15. The number of ether oxygens (including phenoxy) is 2. The van der Waals surface area contributed by atoms with Gasteiger partial charge in [0.2, 0.25) is 0 Å². The average molecular weight is 274 g/mol. The van der Waals surface area contributed by atoms with Crippen molar-refractivity contribution in [2.45, 2.75) is 12.7 Å². The fourth-order valence-corrected chi connectivity index (χ4v) is 1.87. The SMILES string of the molecule is COc1ccc(CO)cc1OCC(O)c1ccccc1. The Morgan fingerprint density at radius 3 is 2.45 bits per heavy atom. The monoisotopic (exact) mass is 274 g/mol. The van der Waals surface area contributed by atoms with E-state index in [0.717, 1.165) is 11.1 Å². The molecule has 0 aliphatic rings. The minimum atomic E-state index is -0.710. The molecule has 2 rings (SSSR count). The van der Waals surface area contributed by atoms with Gasteiger partial charge < -0.3 is 19.7 Å². The van der Waals surface area contributed by atoms with Crippen molar-refractivity contribution in [1.29, 1.82) is 0 Å². The van der Waals surface area contributed by atoms with Gasteiger partial charge in [0, 0.05) is 0 Å². The quantitative estimate of drug-likeness (QED) is 0.848. The molecule has 0 aliphatic heterocycles. The van der Waals surface area contributed by atoms with Crippen molar-refractivity contribution in [1.82, 2.24) is 0 Å². The maximum atomic E-state index is 10.1. The number of aliphatic hydroxyl groups excluding tert-OH is 2. The van der Waals surface area contributed by atoms with E-state index in [1.807, 2.05) is 30.3 Å². The molecule has 1 atom stereocenters. The lowest BCUT2D eigenvalue weighted by molar-refractivity contribution is 0.106. The Balaban J connectivity index is 2.06. The molecule has 1 unspecified atom stereocenters. The normalized spacial score (nSPS) is 11.9. The van der Waals surface area contributed by atoms with E-state index in [1.165, 1.54) is 0 Å². The summed E-state index contributed by atoms with van der Waals surface area (Å²) in [7, 11) is 1.55. The van der Waals surface area contributed by atoms with E-state index < -0.39 is 6.10 Å². The highest BCUT2D eigenvalue weighted by molar-refractivity contribution is 5.42. The van der Waals surface area contributed by atoms with Crippen LogP contribution in [0.4, 0.5) is 0 Å². The Kier molecular flexibility index (Phi) is 4.98. The molecule has 0 aromatic heterocycles. The van der Waals surface area contributed by atoms with Gasteiger partial charge in [-0.2, -0.15) is 0 Å². The molecule has 2 aromatic carbocycles. The van der Waals surface area contributed by atoms with Gasteiger partial charge in [0.05, 0.1) is 13.7 Å². The van der Waals surface area contributed by atoms with Crippen LogP contribution >= 0.6 is 0 Å². The summed E-state index contributed by atoms with van der Waals surface area (Å²) >= 11 is 0. The van der Waals surface area contributed by atoms with Crippen LogP contribution in [0.3, 0.4) is 0 Å². The third-order valence-electron chi connectivity index (χ3n) is 2.99. The van der Waals surface area contributed by atoms with Gasteiger partial charge >= 0.3 is 0 Å². The number of benzene rings is 2. The molecule has 2 aromatic rings. The summed E-state index contributed by atoms with van der Waals surface area (Å²) in [5.41, 5.74) is 1.53. The van der Waals surface area contributed by atoms with E-state index >= 15 is 0 Å². The zero-order chi connectivity index (χ0) is 14.4. The zero-order valence-corrected chi connectivity index (χ0v) is 11.3. The van der Waals surface area contributed by atoms with E-state index in [9.17, 15) is 5.11 Å². The van der Waals surface area contributed by atoms with E-state index in [2.05, 4.69) is 0 Å². The minimum Gasteiger partial charge on any atom is -0.493 e. The number of hydrogen-bond donors (Lipinski definition) is 2. The van der Waals surface area contributed by atoms with Crippen LogP contribution in [0.25, 0.3) is 0 Å². The van der Waals surface area contributed by atoms with E-state index in [4.69, 9.17) is 14.6 Å². The second kappa shape index (κ2) is 6.93. The fraction of sp³-hybridized carbons (Fsp3) is 0.250. The van der Waals surface area contributed by atoms with E-state index in [1.54, 1.807) is 25.3 Å². The van der Waals surface area contributed by atoms with Crippen molar-refractivity contribution >= 4 is 0 Å². The molecule has 0 saturated heterocycles. The minimum absolute atomic E-state index is 0.0679. The molecule has 2 N–H and O–H groups in total. The van der Waals surface area contributed by atoms with Crippen LogP contribution in [0.2, 0.25) is 0 Å². The molecule has 4 heteroatoms. The van der Waals surface area contributed by atoms with Gasteiger partial charge in [-0.05, 0) is 23.3 Å². The first-order valence-electron chi connectivity index (χ1n) is 6.38. The Morgan fingerprint density at radius 1 is 1.05 bits per heavy atom. The van der Waals surface area contributed by atoms with E-state index in [0.29, 0.717) is 11.5 Å². The van der Waals surface area contributed by atoms with Crippen molar-refractivity contribution in [2.75, 3.05) is 13.7 Å². The largest absolute Gasteiger partial charge is 0.493 e. The Bertz CT molecular complexity index is 539. The number of rotatable bonds is 6. The van der Waals surface area contributed by atoms with Crippen LogP contribution in [0.15, 0.2) is 48.5 Å². The summed E-state index contributed by atoms with van der Waals surface area (Å²) in [6, 6.07) is 14.5. The lowest BCUT2D eigenvalue weighted by Crippen LogP contribution is -2.10. The third kappa shape index (κ3) is 3.50. The van der Waals surface area contributed by atoms with Gasteiger partial charge in [-0.1, -0.05) is 36.4 Å². The molecule has 0 saturated carbocycles. The summed E-state index contributed by atoms with van der Waals surface area (Å²) in [5.74, 6) is 1.08. The fourth-order valence-electron chi connectivity index (χ4n) is 1.87. The van der Waals surface area contributed by atoms with Crippen molar-refractivity contribution in [3.63, 3.8) is 0 Å². The first-order chi connectivity index (χ1) is 9.74. The van der Waals surface area contributed by atoms with Gasteiger partial charge in [0.25, 0.3) is 0 Å². The molecule has 106 valence electrons. The van der Waals surface area contributed by atoms with Gasteiger partial charge in [-0.15, -0.1) is 0 Å². The van der Waals surface area contributed by atoms with Gasteiger partial charge in [-0.3, -0.25) is 0 Å². The standard InChI is InChI=1S/C16H18O4/c1-19-15-8-7-12(10-17)9-16(15)20-11-14(18)13-5-3-2-4-6-13/h2-9,14,17-18H,10-11H2,1H3. The topological polar surface area (TPSA) is 58.9 Å². The molecule has 0 heterocycles. The van der Waals surface area contributed by atoms with Crippen LogP contribution in [0.1, 0.15) is 17.2 Å². The van der Waals surface area contributed by atoms with Gasteiger partial charge in [-0.25, -0.2) is 0 Å². The lowest BCUT2D eigenvalue weighted by atomic mass is 10.1. The van der Waals surface area contributed by atoms with Crippen molar-refractivity contribution in [2.24, 2.45) is 0 Å². The number of aliphatic hydroxyl groups is 2. The summed E-state index contributed by atoms with van der Waals surface area (Å²) < 4.78 is 10.8. The molecule has 0 bridgehead atoms. The average Bonchev–Trinajstić information content (AvgIpc) is 2.53. The second-order valence-electron chi connectivity index (χ2n) is 4.38. The van der Waals surface area contributed by atoms with Crippen LogP contribution < -0.4 is 9.47 Å². The predicted molar refractivity (Wildman–Crippen MR) is 75.8 cm³/mol. The summed E-state index contributed by atoms with van der Waals surface area (Å²) in [6.07, 6.45) is -0.710. The summed E-state index contributed by atoms with van der Waals surface area (Å²) in [5, 5.41) is 19.2. The molecule has 0 spiro atoms. The van der Waals surface area contributed by atoms with Crippen LogP contribution in [-0.4, -0.2) is 23.9 Å². The van der Waals surface area contributed by atoms with Crippen LogP contribution in [-0.2, 0) is 6.61 Å². The van der Waals surface area contributed by atoms with Crippen LogP contribution in [0.5, 0.6) is 11.5 Å². The maximum absolute atomic E-state index is 10.1. The zero-order valence-electron chi connectivity index (χ0n) is 11.3.